The first-order valence-corrected chi connectivity index (χ1v) is 8.00. The van der Waals surface area contributed by atoms with Gasteiger partial charge in [-0.2, -0.15) is 5.10 Å². The second kappa shape index (κ2) is 8.04. The van der Waals surface area contributed by atoms with Crippen LogP contribution in [0, 0.1) is 10.1 Å². The van der Waals surface area contributed by atoms with E-state index < -0.39 is 10.8 Å². The van der Waals surface area contributed by atoms with Crippen LogP contribution in [0.2, 0.25) is 0 Å². The highest BCUT2D eigenvalue weighted by Gasteiger charge is 2.07. The number of benzene rings is 2. The van der Waals surface area contributed by atoms with Crippen LogP contribution in [0.5, 0.6) is 5.75 Å². The van der Waals surface area contributed by atoms with Crippen molar-refractivity contribution in [1.29, 1.82) is 0 Å². The number of aromatic nitrogens is 3. The summed E-state index contributed by atoms with van der Waals surface area (Å²) in [5.74, 6) is -0.0957. The number of carbonyl (C=O) groups excluding carboxylic acids is 1. The average Bonchev–Trinajstić information content (AvgIpc) is 3.08. The number of hydrogen-bond donors (Lipinski definition) is 1. The summed E-state index contributed by atoms with van der Waals surface area (Å²) in [6, 6.07) is 13.0. The minimum atomic E-state index is -0.508. The molecule has 27 heavy (non-hydrogen) atoms. The van der Waals surface area contributed by atoms with Gasteiger partial charge in [0.2, 0.25) is 0 Å². The maximum absolute atomic E-state index is 11.8. The summed E-state index contributed by atoms with van der Waals surface area (Å²) < 4.78 is 6.96. The van der Waals surface area contributed by atoms with Gasteiger partial charge in [-0.3, -0.25) is 14.9 Å². The van der Waals surface area contributed by atoms with Gasteiger partial charge in [-0.05, 0) is 31.2 Å². The van der Waals surface area contributed by atoms with Crippen LogP contribution < -0.4 is 10.2 Å². The largest absolute Gasteiger partial charge is 0.484 e. The van der Waals surface area contributed by atoms with Crippen LogP contribution >= 0.6 is 0 Å². The Bertz CT molecular complexity index is 996. The minimum absolute atomic E-state index is 0.0485. The highest BCUT2D eigenvalue weighted by molar-refractivity contribution is 5.86. The van der Waals surface area contributed by atoms with Gasteiger partial charge in [0.15, 0.2) is 6.61 Å². The molecule has 0 bridgehead atoms. The molecule has 2 aromatic carbocycles. The molecule has 0 atom stereocenters. The van der Waals surface area contributed by atoms with E-state index in [-0.39, 0.29) is 12.3 Å². The minimum Gasteiger partial charge on any atom is -0.484 e. The highest BCUT2D eigenvalue weighted by Crippen LogP contribution is 2.17. The van der Waals surface area contributed by atoms with E-state index in [2.05, 4.69) is 20.8 Å². The first-order chi connectivity index (χ1) is 13.0. The van der Waals surface area contributed by atoms with Crippen molar-refractivity contribution in [2.75, 3.05) is 6.61 Å². The topological polar surface area (TPSA) is 125 Å². The molecule has 1 N–H and O–H groups in total. The summed E-state index contributed by atoms with van der Waals surface area (Å²) in [6.45, 7) is 1.87. The molecule has 1 aromatic heterocycles. The van der Waals surface area contributed by atoms with E-state index in [1.807, 2.05) is 24.3 Å². The van der Waals surface area contributed by atoms with Crippen LogP contribution in [0.3, 0.4) is 0 Å². The summed E-state index contributed by atoms with van der Waals surface area (Å²) >= 11 is 0. The van der Waals surface area contributed by atoms with Crippen LogP contribution in [-0.4, -0.2) is 38.1 Å². The lowest BCUT2D eigenvalue weighted by Crippen LogP contribution is -2.26. The molecule has 0 fully saturated rings. The van der Waals surface area contributed by atoms with E-state index in [0.717, 1.165) is 11.0 Å². The lowest BCUT2D eigenvalue weighted by molar-refractivity contribution is -0.384. The molecule has 0 aliphatic heterocycles. The number of nitrogens with one attached hydrogen (secondary N) is 1. The second-order valence-corrected chi connectivity index (χ2v) is 5.66. The Hall–Kier alpha value is -3.82. The van der Waals surface area contributed by atoms with Crippen molar-refractivity contribution in [2.24, 2.45) is 5.10 Å². The lowest BCUT2D eigenvalue weighted by atomic mass is 10.3. The van der Waals surface area contributed by atoms with Crippen molar-refractivity contribution < 1.29 is 14.5 Å². The number of nitrogens with zero attached hydrogens (tertiary/aromatic N) is 5. The number of fused-ring (bicyclic) bond motifs is 1. The van der Waals surface area contributed by atoms with E-state index in [1.165, 1.54) is 24.3 Å². The third-order valence-electron chi connectivity index (χ3n) is 3.59. The predicted molar refractivity (Wildman–Crippen MR) is 97.4 cm³/mol. The van der Waals surface area contributed by atoms with Crippen LogP contribution in [0.25, 0.3) is 11.0 Å². The number of non-ortho nitro benzene ring substituents is 1. The Balaban J connectivity index is 1.50. The molecule has 0 aliphatic carbocycles. The molecule has 0 aliphatic rings. The molecule has 10 nitrogen and oxygen atoms in total. The van der Waals surface area contributed by atoms with E-state index in [0.29, 0.717) is 18.0 Å². The number of carbonyl (C=O) groups is 1. The molecule has 0 radical (unpaired) electrons. The Morgan fingerprint density at radius 1 is 1.26 bits per heavy atom. The van der Waals surface area contributed by atoms with Gasteiger partial charge in [-0.1, -0.05) is 17.3 Å². The molecule has 10 heteroatoms. The summed E-state index contributed by atoms with van der Waals surface area (Å²) in [7, 11) is 0. The second-order valence-electron chi connectivity index (χ2n) is 5.66. The van der Waals surface area contributed by atoms with Crippen molar-refractivity contribution in [3.63, 3.8) is 0 Å². The van der Waals surface area contributed by atoms with Crippen molar-refractivity contribution >= 4 is 28.3 Å². The van der Waals surface area contributed by atoms with Crippen LogP contribution in [0.15, 0.2) is 53.6 Å². The molecular weight excluding hydrogens is 352 g/mol. The monoisotopic (exact) mass is 368 g/mol. The molecule has 3 rings (SSSR count). The van der Waals surface area contributed by atoms with Crippen molar-refractivity contribution in [3.05, 3.63) is 58.6 Å². The molecule has 1 heterocycles. The zero-order valence-corrected chi connectivity index (χ0v) is 14.4. The van der Waals surface area contributed by atoms with Gasteiger partial charge in [0.25, 0.3) is 11.6 Å². The van der Waals surface area contributed by atoms with Crippen LogP contribution in [-0.2, 0) is 11.3 Å². The molecule has 0 saturated heterocycles. The van der Waals surface area contributed by atoms with Gasteiger partial charge in [0.1, 0.15) is 11.3 Å². The van der Waals surface area contributed by atoms with Gasteiger partial charge in [-0.15, -0.1) is 5.10 Å². The zero-order chi connectivity index (χ0) is 19.2. The summed E-state index contributed by atoms with van der Waals surface area (Å²) in [4.78, 5) is 21.9. The number of ether oxygens (including phenoxy) is 1. The fraction of sp³-hybridized carbons (Fsp3) is 0.176. The zero-order valence-electron chi connectivity index (χ0n) is 14.4. The van der Waals surface area contributed by atoms with E-state index in [4.69, 9.17) is 4.74 Å². The van der Waals surface area contributed by atoms with Gasteiger partial charge in [0, 0.05) is 12.1 Å². The lowest BCUT2D eigenvalue weighted by Gasteiger charge is -2.06. The maximum Gasteiger partial charge on any atom is 0.277 e. The van der Waals surface area contributed by atoms with Crippen molar-refractivity contribution in [3.8, 4) is 5.75 Å². The van der Waals surface area contributed by atoms with E-state index >= 15 is 0 Å². The Morgan fingerprint density at radius 2 is 2.00 bits per heavy atom. The number of nitro groups is 1. The third kappa shape index (κ3) is 4.63. The molecular formula is C17H16N6O4. The van der Waals surface area contributed by atoms with Gasteiger partial charge < -0.3 is 4.74 Å². The van der Waals surface area contributed by atoms with Crippen molar-refractivity contribution in [2.45, 2.75) is 13.5 Å². The molecule has 138 valence electrons. The van der Waals surface area contributed by atoms with Gasteiger partial charge in [-0.25, -0.2) is 10.1 Å². The van der Waals surface area contributed by atoms with Crippen molar-refractivity contribution in [1.82, 2.24) is 20.4 Å². The van der Waals surface area contributed by atoms with E-state index in [1.54, 1.807) is 11.6 Å². The predicted octanol–water partition coefficient (Wildman–Crippen LogP) is 1.91. The van der Waals surface area contributed by atoms with Gasteiger partial charge in [0.05, 0.1) is 22.7 Å². The average molecular weight is 368 g/mol. The molecule has 0 spiro atoms. The maximum atomic E-state index is 11.8. The van der Waals surface area contributed by atoms with Crippen LogP contribution in [0.4, 0.5) is 5.69 Å². The normalized spacial score (nSPS) is 11.4. The SMILES string of the molecule is CC(Cn1nnc2ccccc21)=NNC(=O)COc1ccc([N+](=O)[O-])cc1. The Kier molecular flexibility index (Phi) is 5.36. The summed E-state index contributed by atoms with van der Waals surface area (Å²) in [5, 5.41) is 22.7. The molecule has 3 aromatic rings. The number of para-hydroxylation sites is 1. The molecule has 0 saturated carbocycles. The van der Waals surface area contributed by atoms with E-state index in [9.17, 15) is 14.9 Å². The summed E-state index contributed by atoms with van der Waals surface area (Å²) in [6.07, 6.45) is 0. The van der Waals surface area contributed by atoms with Gasteiger partial charge >= 0.3 is 0 Å². The number of hydrazone groups is 1. The smallest absolute Gasteiger partial charge is 0.277 e. The van der Waals surface area contributed by atoms with Crippen LogP contribution in [0.1, 0.15) is 6.92 Å². The summed E-state index contributed by atoms with van der Waals surface area (Å²) in [5.41, 5.74) is 4.64. The first kappa shape index (κ1) is 18.0. The third-order valence-corrected chi connectivity index (χ3v) is 3.59. The number of hydrogen-bond acceptors (Lipinski definition) is 7. The molecule has 0 unspecified atom stereocenters. The highest BCUT2D eigenvalue weighted by atomic mass is 16.6. The quantitative estimate of drug-likeness (QED) is 0.386. The number of nitro benzene ring substituents is 1. The number of rotatable bonds is 7. The Morgan fingerprint density at radius 3 is 2.74 bits per heavy atom. The fourth-order valence-corrected chi connectivity index (χ4v) is 2.29. The standard InChI is InChI=1S/C17H16N6O4/c1-12(10-22-16-5-3-2-4-15(16)19-21-22)18-20-17(24)11-27-14-8-6-13(7-9-14)23(25)26/h2-9H,10-11H2,1H3,(H,20,24). The Labute approximate surface area is 153 Å². The fourth-order valence-electron chi connectivity index (χ4n) is 2.29. The first-order valence-electron chi connectivity index (χ1n) is 8.00. The molecule has 1 amide bonds. The number of amides is 1.